The van der Waals surface area contributed by atoms with E-state index in [1.807, 2.05) is 13.8 Å². The van der Waals surface area contributed by atoms with Crippen LogP contribution in [0.2, 0.25) is 0 Å². The molecule has 0 aromatic carbocycles. The van der Waals surface area contributed by atoms with Crippen LogP contribution in [0.3, 0.4) is 0 Å². The third kappa shape index (κ3) is 5.50. The minimum Gasteiger partial charge on any atom is -0.463 e. The summed E-state index contributed by atoms with van der Waals surface area (Å²) in [5.74, 6) is 0.619. The van der Waals surface area contributed by atoms with Gasteiger partial charge in [0.1, 0.15) is 6.61 Å². The average molecular weight is 243 g/mol. The second-order valence-corrected chi connectivity index (χ2v) is 5.04. The monoisotopic (exact) mass is 243 g/mol. The molecule has 1 aliphatic rings. The molecule has 100 valence electrons. The van der Waals surface area contributed by atoms with Gasteiger partial charge in [0.2, 0.25) is 0 Å². The first kappa shape index (κ1) is 14.5. The second kappa shape index (κ2) is 7.67. The first-order valence-corrected chi connectivity index (χ1v) is 6.61. The van der Waals surface area contributed by atoms with Crippen LogP contribution in [0.4, 0.5) is 0 Å². The van der Waals surface area contributed by atoms with Gasteiger partial charge in [-0.05, 0) is 52.0 Å². The normalized spacial score (nSPS) is 24.9. The number of esters is 1. The first-order chi connectivity index (χ1) is 8.13. The predicted molar refractivity (Wildman–Crippen MR) is 66.5 cm³/mol. The van der Waals surface area contributed by atoms with Gasteiger partial charge >= 0.3 is 5.97 Å². The summed E-state index contributed by atoms with van der Waals surface area (Å²) in [6.07, 6.45) is 4.14. The molecule has 0 amide bonds. The van der Waals surface area contributed by atoms with Gasteiger partial charge < -0.3 is 15.2 Å². The number of hydrogen-bond acceptors (Lipinski definition) is 4. The quantitative estimate of drug-likeness (QED) is 0.570. The van der Waals surface area contributed by atoms with Gasteiger partial charge in [0, 0.05) is 0 Å². The van der Waals surface area contributed by atoms with Crippen LogP contribution in [-0.4, -0.2) is 31.8 Å². The third-order valence-electron chi connectivity index (χ3n) is 3.29. The van der Waals surface area contributed by atoms with Gasteiger partial charge in [-0.25, -0.2) is 0 Å². The zero-order valence-corrected chi connectivity index (χ0v) is 11.0. The molecule has 0 saturated heterocycles. The molecule has 1 saturated carbocycles. The number of rotatable bonds is 6. The van der Waals surface area contributed by atoms with Crippen molar-refractivity contribution in [2.75, 3.05) is 19.8 Å². The van der Waals surface area contributed by atoms with Crippen molar-refractivity contribution in [3.63, 3.8) is 0 Å². The van der Waals surface area contributed by atoms with E-state index in [2.05, 4.69) is 0 Å². The molecule has 1 fully saturated rings. The van der Waals surface area contributed by atoms with Crippen LogP contribution in [0.5, 0.6) is 0 Å². The topological polar surface area (TPSA) is 61.5 Å². The molecule has 0 aliphatic heterocycles. The van der Waals surface area contributed by atoms with Crippen molar-refractivity contribution in [2.45, 2.75) is 45.6 Å². The summed E-state index contributed by atoms with van der Waals surface area (Å²) in [7, 11) is 0. The van der Waals surface area contributed by atoms with Crippen molar-refractivity contribution in [1.82, 2.24) is 0 Å². The summed E-state index contributed by atoms with van der Waals surface area (Å²) in [5, 5.41) is 0. The third-order valence-corrected chi connectivity index (χ3v) is 3.29. The lowest BCUT2D eigenvalue weighted by molar-refractivity contribution is -0.152. The van der Waals surface area contributed by atoms with E-state index in [4.69, 9.17) is 15.2 Å². The number of nitrogens with two attached hydrogens (primary N) is 1. The Labute approximate surface area is 104 Å². The SMILES string of the molecule is CC(C)OCCOC(=O)C1CCC(CN)CC1. The van der Waals surface area contributed by atoms with Crippen LogP contribution in [0.1, 0.15) is 39.5 Å². The van der Waals surface area contributed by atoms with Crippen molar-refractivity contribution in [3.05, 3.63) is 0 Å². The molecule has 0 unspecified atom stereocenters. The number of carbonyl (C=O) groups excluding carboxylic acids is 1. The first-order valence-electron chi connectivity index (χ1n) is 6.61. The van der Waals surface area contributed by atoms with Crippen LogP contribution < -0.4 is 5.73 Å². The Morgan fingerprint density at radius 2 is 1.88 bits per heavy atom. The molecule has 1 rings (SSSR count). The Kier molecular flexibility index (Phi) is 6.52. The van der Waals surface area contributed by atoms with Crippen molar-refractivity contribution < 1.29 is 14.3 Å². The van der Waals surface area contributed by atoms with Crippen LogP contribution in [0.15, 0.2) is 0 Å². The summed E-state index contributed by atoms with van der Waals surface area (Å²) < 4.78 is 10.5. The van der Waals surface area contributed by atoms with Gasteiger partial charge in [-0.15, -0.1) is 0 Å². The lowest BCUT2D eigenvalue weighted by Crippen LogP contribution is -2.27. The summed E-state index contributed by atoms with van der Waals surface area (Å²) >= 11 is 0. The minimum absolute atomic E-state index is 0.0622. The average Bonchev–Trinajstić information content (AvgIpc) is 2.34. The van der Waals surface area contributed by atoms with Crippen molar-refractivity contribution in [3.8, 4) is 0 Å². The molecule has 0 bridgehead atoms. The maximum Gasteiger partial charge on any atom is 0.309 e. The summed E-state index contributed by atoms with van der Waals surface area (Å²) in [6, 6.07) is 0. The van der Waals surface area contributed by atoms with E-state index >= 15 is 0 Å². The van der Waals surface area contributed by atoms with Gasteiger partial charge in [0.05, 0.1) is 18.6 Å². The van der Waals surface area contributed by atoms with E-state index in [0.29, 0.717) is 19.1 Å². The van der Waals surface area contributed by atoms with Crippen LogP contribution in [0, 0.1) is 11.8 Å². The predicted octanol–water partition coefficient (Wildman–Crippen LogP) is 1.72. The lowest BCUT2D eigenvalue weighted by Gasteiger charge is -2.26. The Balaban J connectivity index is 2.12. The minimum atomic E-state index is -0.0622. The van der Waals surface area contributed by atoms with Crippen molar-refractivity contribution in [2.24, 2.45) is 17.6 Å². The van der Waals surface area contributed by atoms with Gasteiger partial charge in [0.25, 0.3) is 0 Å². The van der Waals surface area contributed by atoms with E-state index in [1.54, 1.807) is 0 Å². The molecular weight excluding hydrogens is 218 g/mol. The zero-order valence-electron chi connectivity index (χ0n) is 11.0. The van der Waals surface area contributed by atoms with Gasteiger partial charge in [-0.3, -0.25) is 4.79 Å². The second-order valence-electron chi connectivity index (χ2n) is 5.04. The number of ether oxygens (including phenoxy) is 2. The molecule has 0 spiro atoms. The fraction of sp³-hybridized carbons (Fsp3) is 0.923. The van der Waals surface area contributed by atoms with Crippen molar-refractivity contribution in [1.29, 1.82) is 0 Å². The molecule has 17 heavy (non-hydrogen) atoms. The van der Waals surface area contributed by atoms with E-state index in [-0.39, 0.29) is 18.0 Å². The standard InChI is InChI=1S/C13H25NO3/c1-10(2)16-7-8-17-13(15)12-5-3-11(9-14)4-6-12/h10-12H,3-9,14H2,1-2H3. The van der Waals surface area contributed by atoms with E-state index in [1.165, 1.54) is 0 Å². The molecular formula is C13H25NO3. The molecule has 0 aromatic rings. The smallest absolute Gasteiger partial charge is 0.309 e. The Hall–Kier alpha value is -0.610. The molecule has 0 atom stereocenters. The Morgan fingerprint density at radius 1 is 1.24 bits per heavy atom. The highest BCUT2D eigenvalue weighted by atomic mass is 16.6. The van der Waals surface area contributed by atoms with Crippen LogP contribution >= 0.6 is 0 Å². The molecule has 0 aromatic heterocycles. The Morgan fingerprint density at radius 3 is 2.41 bits per heavy atom. The van der Waals surface area contributed by atoms with Gasteiger partial charge in [-0.2, -0.15) is 0 Å². The molecule has 4 nitrogen and oxygen atoms in total. The van der Waals surface area contributed by atoms with E-state index in [9.17, 15) is 4.79 Å². The molecule has 0 radical (unpaired) electrons. The molecule has 2 N–H and O–H groups in total. The molecule has 1 aliphatic carbocycles. The summed E-state index contributed by atoms with van der Waals surface area (Å²) in [4.78, 5) is 11.7. The summed E-state index contributed by atoms with van der Waals surface area (Å²) in [6.45, 7) is 5.53. The van der Waals surface area contributed by atoms with Gasteiger partial charge in [0.15, 0.2) is 0 Å². The van der Waals surface area contributed by atoms with E-state index in [0.717, 1.165) is 32.2 Å². The summed E-state index contributed by atoms with van der Waals surface area (Å²) in [5.41, 5.74) is 5.62. The van der Waals surface area contributed by atoms with Crippen LogP contribution in [0.25, 0.3) is 0 Å². The Bertz CT molecular complexity index is 223. The fourth-order valence-electron chi connectivity index (χ4n) is 2.18. The van der Waals surface area contributed by atoms with Gasteiger partial charge in [-0.1, -0.05) is 0 Å². The highest BCUT2D eigenvalue weighted by molar-refractivity contribution is 5.72. The number of hydrogen-bond donors (Lipinski definition) is 1. The highest BCUT2D eigenvalue weighted by Gasteiger charge is 2.26. The van der Waals surface area contributed by atoms with Crippen LogP contribution in [-0.2, 0) is 14.3 Å². The largest absolute Gasteiger partial charge is 0.463 e. The lowest BCUT2D eigenvalue weighted by atomic mass is 9.82. The zero-order chi connectivity index (χ0) is 12.7. The fourth-order valence-corrected chi connectivity index (χ4v) is 2.18. The maximum absolute atomic E-state index is 11.7. The number of carbonyl (C=O) groups is 1. The molecule has 4 heteroatoms. The highest BCUT2D eigenvalue weighted by Crippen LogP contribution is 2.28. The molecule has 0 heterocycles. The maximum atomic E-state index is 11.7. The van der Waals surface area contributed by atoms with Crippen molar-refractivity contribution >= 4 is 5.97 Å². The van der Waals surface area contributed by atoms with E-state index < -0.39 is 0 Å².